The van der Waals surface area contributed by atoms with Crippen LogP contribution in [-0.2, 0) is 11.3 Å². The number of hydrogen-bond acceptors (Lipinski definition) is 3. The highest BCUT2D eigenvalue weighted by Gasteiger charge is 2.41. The van der Waals surface area contributed by atoms with Crippen LogP contribution in [0.5, 0.6) is 0 Å². The second-order valence-electron chi connectivity index (χ2n) is 5.71. The lowest BCUT2D eigenvalue weighted by Gasteiger charge is -2.31. The summed E-state index contributed by atoms with van der Waals surface area (Å²) in [5.74, 6) is -1.00. The van der Waals surface area contributed by atoms with Gasteiger partial charge in [-0.15, -0.1) is 0 Å². The van der Waals surface area contributed by atoms with Crippen LogP contribution < -0.4 is 0 Å². The minimum absolute atomic E-state index is 0.172. The summed E-state index contributed by atoms with van der Waals surface area (Å²) in [5, 5.41) is 16.1. The maximum Gasteiger partial charge on any atom is 0.331 e. The largest absolute Gasteiger partial charge is 0.479 e. The zero-order chi connectivity index (χ0) is 14.8. The number of carboxylic acid groups (broad SMARTS) is 1. The lowest BCUT2D eigenvalue weighted by Crippen LogP contribution is -2.45. The number of aromatic amines is 1. The summed E-state index contributed by atoms with van der Waals surface area (Å²) in [7, 11) is 0. The van der Waals surface area contributed by atoms with E-state index in [1.54, 1.807) is 4.90 Å². The summed E-state index contributed by atoms with van der Waals surface area (Å²) in [6.07, 6.45) is 6.98. The number of nitrogens with one attached hydrogen (secondary N) is 1. The van der Waals surface area contributed by atoms with Crippen LogP contribution in [0.3, 0.4) is 0 Å². The Morgan fingerprint density at radius 2 is 1.86 bits per heavy atom. The topological polar surface area (TPSA) is 89.5 Å². The number of carbonyl (C=O) groups excluding carboxylic acids is 1. The molecule has 0 saturated carbocycles. The fourth-order valence-corrected chi connectivity index (χ4v) is 3.18. The molecular weight excluding hydrogens is 272 g/mol. The van der Waals surface area contributed by atoms with E-state index in [0.717, 1.165) is 31.4 Å². The molecule has 2 aliphatic rings. The van der Waals surface area contributed by atoms with Gasteiger partial charge in [0.05, 0.1) is 18.4 Å². The van der Waals surface area contributed by atoms with E-state index < -0.39 is 12.0 Å². The number of carbonyl (C=O) groups is 2. The molecule has 1 saturated heterocycles. The summed E-state index contributed by atoms with van der Waals surface area (Å²) < 4.78 is 0. The van der Waals surface area contributed by atoms with Gasteiger partial charge in [-0.2, -0.15) is 5.10 Å². The van der Waals surface area contributed by atoms with E-state index in [0.29, 0.717) is 25.2 Å². The average molecular weight is 292 g/mol. The first-order valence-electron chi connectivity index (χ1n) is 7.49. The molecule has 0 aromatic carbocycles. The number of H-pyrrole nitrogens is 1. The monoisotopic (exact) mass is 292 g/mol. The molecule has 1 unspecified atom stereocenters. The molecule has 1 aromatic rings. The van der Waals surface area contributed by atoms with Gasteiger partial charge in [-0.1, -0.05) is 19.3 Å². The van der Waals surface area contributed by atoms with Crippen LogP contribution in [0.25, 0.3) is 0 Å². The summed E-state index contributed by atoms with van der Waals surface area (Å²) in [4.78, 5) is 27.5. The predicted octanol–water partition coefficient (Wildman–Crippen LogP) is 1.74. The molecule has 1 aromatic heterocycles. The number of fused-ring (bicyclic) bond motifs is 1. The van der Waals surface area contributed by atoms with Crippen LogP contribution in [0.2, 0.25) is 0 Å². The number of nitrogens with zero attached hydrogens (tertiary/aromatic N) is 3. The Morgan fingerprint density at radius 3 is 2.52 bits per heavy atom. The summed E-state index contributed by atoms with van der Waals surface area (Å²) in [6, 6.07) is -1.09. The third kappa shape index (κ3) is 2.59. The number of likely N-dealkylation sites (tertiary alicyclic amines) is 1. The number of rotatable bonds is 1. The zero-order valence-corrected chi connectivity index (χ0v) is 11.9. The minimum Gasteiger partial charge on any atom is -0.479 e. The van der Waals surface area contributed by atoms with E-state index in [1.165, 1.54) is 17.5 Å². The molecule has 2 amide bonds. The van der Waals surface area contributed by atoms with E-state index >= 15 is 0 Å². The fraction of sp³-hybridized carbons (Fsp3) is 0.643. The van der Waals surface area contributed by atoms with Crippen LogP contribution in [0.15, 0.2) is 6.20 Å². The van der Waals surface area contributed by atoms with Crippen molar-refractivity contribution in [3.63, 3.8) is 0 Å². The number of aromatic nitrogens is 2. The lowest BCUT2D eigenvalue weighted by atomic mass is 10.1. The van der Waals surface area contributed by atoms with Gasteiger partial charge in [0, 0.05) is 18.7 Å². The Kier molecular flexibility index (Phi) is 3.81. The Balaban J connectivity index is 1.77. The van der Waals surface area contributed by atoms with Crippen molar-refractivity contribution in [3.05, 3.63) is 17.5 Å². The van der Waals surface area contributed by atoms with Gasteiger partial charge in [0.15, 0.2) is 6.04 Å². The molecule has 3 heterocycles. The van der Waals surface area contributed by atoms with Crippen LogP contribution in [0.4, 0.5) is 4.79 Å². The lowest BCUT2D eigenvalue weighted by molar-refractivity contribution is -0.142. The Morgan fingerprint density at radius 1 is 1.19 bits per heavy atom. The van der Waals surface area contributed by atoms with Crippen LogP contribution in [0.1, 0.15) is 49.4 Å². The summed E-state index contributed by atoms with van der Waals surface area (Å²) in [5.41, 5.74) is 1.32. The molecule has 21 heavy (non-hydrogen) atoms. The molecule has 114 valence electrons. The van der Waals surface area contributed by atoms with Crippen molar-refractivity contribution in [1.29, 1.82) is 0 Å². The maximum absolute atomic E-state index is 12.7. The van der Waals surface area contributed by atoms with Crippen LogP contribution in [0, 0.1) is 0 Å². The van der Waals surface area contributed by atoms with Crippen molar-refractivity contribution in [2.45, 2.75) is 44.7 Å². The number of hydrogen-bond donors (Lipinski definition) is 2. The first kappa shape index (κ1) is 13.9. The molecule has 7 nitrogen and oxygen atoms in total. The Labute approximate surface area is 122 Å². The normalized spacial score (nSPS) is 22.6. The third-order valence-corrected chi connectivity index (χ3v) is 4.29. The summed E-state index contributed by atoms with van der Waals surface area (Å²) >= 11 is 0. The van der Waals surface area contributed by atoms with Crippen LogP contribution >= 0.6 is 0 Å². The van der Waals surface area contributed by atoms with E-state index in [1.807, 2.05) is 0 Å². The number of amides is 2. The number of aliphatic carboxylic acids is 1. The highest BCUT2D eigenvalue weighted by Crippen LogP contribution is 2.33. The van der Waals surface area contributed by atoms with Crippen molar-refractivity contribution in [3.8, 4) is 0 Å². The molecular formula is C14H20N4O3. The summed E-state index contributed by atoms with van der Waals surface area (Å²) in [6.45, 7) is 1.73. The maximum atomic E-state index is 12.7. The SMILES string of the molecule is O=C(O)C1c2cn[nH]c2CN1C(=O)N1CCCCCCC1. The van der Waals surface area contributed by atoms with Gasteiger partial charge in [0.25, 0.3) is 0 Å². The Hall–Kier alpha value is -2.05. The quantitative estimate of drug-likeness (QED) is 0.825. The van der Waals surface area contributed by atoms with Crippen LogP contribution in [-0.4, -0.2) is 50.2 Å². The third-order valence-electron chi connectivity index (χ3n) is 4.29. The first-order chi connectivity index (χ1) is 10.2. The molecule has 7 heteroatoms. The van der Waals surface area contributed by atoms with Gasteiger partial charge in [0.1, 0.15) is 0 Å². The van der Waals surface area contributed by atoms with E-state index in [9.17, 15) is 14.7 Å². The molecule has 1 atom stereocenters. The van der Waals surface area contributed by atoms with Crippen molar-refractivity contribution >= 4 is 12.0 Å². The molecule has 0 radical (unpaired) electrons. The van der Waals surface area contributed by atoms with Gasteiger partial charge in [-0.05, 0) is 12.8 Å². The van der Waals surface area contributed by atoms with Crippen molar-refractivity contribution in [2.75, 3.05) is 13.1 Å². The van der Waals surface area contributed by atoms with Gasteiger partial charge in [-0.25, -0.2) is 9.59 Å². The van der Waals surface area contributed by atoms with E-state index in [4.69, 9.17) is 0 Å². The highest BCUT2D eigenvalue weighted by molar-refractivity contribution is 5.85. The van der Waals surface area contributed by atoms with Gasteiger partial charge in [0.2, 0.25) is 0 Å². The van der Waals surface area contributed by atoms with Crippen molar-refractivity contribution in [1.82, 2.24) is 20.0 Å². The average Bonchev–Trinajstić information content (AvgIpc) is 2.96. The smallest absolute Gasteiger partial charge is 0.331 e. The number of carboxylic acids is 1. The predicted molar refractivity (Wildman–Crippen MR) is 74.6 cm³/mol. The van der Waals surface area contributed by atoms with Crippen molar-refractivity contribution in [2.24, 2.45) is 0 Å². The fourth-order valence-electron chi connectivity index (χ4n) is 3.18. The first-order valence-corrected chi connectivity index (χ1v) is 7.49. The van der Waals surface area contributed by atoms with Gasteiger partial charge < -0.3 is 14.9 Å². The minimum atomic E-state index is -1.00. The molecule has 2 N–H and O–H groups in total. The highest BCUT2D eigenvalue weighted by atomic mass is 16.4. The molecule has 2 aliphatic heterocycles. The van der Waals surface area contributed by atoms with Gasteiger partial charge in [-0.3, -0.25) is 5.10 Å². The van der Waals surface area contributed by atoms with E-state index in [-0.39, 0.29) is 6.03 Å². The number of urea groups is 1. The molecule has 1 fully saturated rings. The standard InChI is InChI=1S/C14H20N4O3/c19-13(20)12-10-8-15-16-11(10)9-18(12)14(21)17-6-4-2-1-3-5-7-17/h8,12H,1-7,9H2,(H,15,16)(H,19,20). The van der Waals surface area contributed by atoms with Crippen molar-refractivity contribution < 1.29 is 14.7 Å². The molecule has 0 spiro atoms. The van der Waals surface area contributed by atoms with E-state index in [2.05, 4.69) is 10.2 Å². The zero-order valence-electron chi connectivity index (χ0n) is 11.9. The second-order valence-corrected chi connectivity index (χ2v) is 5.71. The Bertz CT molecular complexity index is 534. The molecule has 0 aliphatic carbocycles. The molecule has 3 rings (SSSR count). The second kappa shape index (κ2) is 5.75. The van der Waals surface area contributed by atoms with Gasteiger partial charge >= 0.3 is 12.0 Å². The molecule has 0 bridgehead atoms.